The summed E-state index contributed by atoms with van der Waals surface area (Å²) < 4.78 is 5.73. The van der Waals surface area contributed by atoms with Gasteiger partial charge in [0, 0.05) is 16.5 Å². The normalized spacial score (nSPS) is 10.6. The van der Waals surface area contributed by atoms with Crippen LogP contribution in [0.1, 0.15) is 16.2 Å². The SMILES string of the molecule is Cc1nc(C(=O)NCC(=O)O)c(O)c2ccc(Oc3cccs3)cc12. The van der Waals surface area contributed by atoms with Gasteiger partial charge in [0.25, 0.3) is 5.91 Å². The van der Waals surface area contributed by atoms with Crippen molar-refractivity contribution in [3.05, 3.63) is 47.1 Å². The zero-order chi connectivity index (χ0) is 18.0. The predicted octanol–water partition coefficient (Wildman–Crippen LogP) is 2.92. The second-order valence-electron chi connectivity index (χ2n) is 5.21. The highest BCUT2D eigenvalue weighted by molar-refractivity contribution is 7.11. The maximum atomic E-state index is 12.0. The number of benzene rings is 1. The van der Waals surface area contributed by atoms with Crippen molar-refractivity contribution in [3.8, 4) is 16.6 Å². The number of carboxylic acids is 1. The van der Waals surface area contributed by atoms with Crippen LogP contribution in [0.5, 0.6) is 16.6 Å². The quantitative estimate of drug-likeness (QED) is 0.647. The topological polar surface area (TPSA) is 109 Å². The van der Waals surface area contributed by atoms with E-state index in [0.717, 1.165) is 5.06 Å². The summed E-state index contributed by atoms with van der Waals surface area (Å²) in [6, 6.07) is 8.77. The number of carbonyl (C=O) groups is 2. The van der Waals surface area contributed by atoms with Crippen LogP contribution in [0.3, 0.4) is 0 Å². The number of aryl methyl sites for hydroxylation is 1. The lowest BCUT2D eigenvalue weighted by Crippen LogP contribution is -2.30. The number of amides is 1. The van der Waals surface area contributed by atoms with Crippen molar-refractivity contribution in [2.24, 2.45) is 0 Å². The number of thiophene rings is 1. The van der Waals surface area contributed by atoms with E-state index in [1.54, 1.807) is 25.1 Å². The van der Waals surface area contributed by atoms with E-state index >= 15 is 0 Å². The van der Waals surface area contributed by atoms with E-state index < -0.39 is 18.4 Å². The molecule has 0 bridgehead atoms. The van der Waals surface area contributed by atoms with E-state index in [9.17, 15) is 14.7 Å². The molecule has 3 N–H and O–H groups in total. The minimum absolute atomic E-state index is 0.210. The lowest BCUT2D eigenvalue weighted by atomic mass is 10.1. The summed E-state index contributed by atoms with van der Waals surface area (Å²) in [7, 11) is 0. The standard InChI is InChI=1S/C17H14N2O5S/c1-9-12-7-10(24-14-3-2-6-25-14)4-5-11(12)16(22)15(19-9)17(23)18-8-13(20)21/h2-7,22H,8H2,1H3,(H,18,23)(H,20,21). The van der Waals surface area contributed by atoms with E-state index in [1.165, 1.54) is 11.3 Å². The van der Waals surface area contributed by atoms with Crippen molar-refractivity contribution >= 4 is 34.0 Å². The maximum absolute atomic E-state index is 12.0. The fraction of sp³-hybridized carbons (Fsp3) is 0.118. The highest BCUT2D eigenvalue weighted by Crippen LogP contribution is 2.34. The van der Waals surface area contributed by atoms with Crippen molar-refractivity contribution in [2.45, 2.75) is 6.92 Å². The molecule has 8 heteroatoms. The molecule has 2 aromatic heterocycles. The molecule has 1 amide bonds. The number of fused-ring (bicyclic) bond motifs is 1. The summed E-state index contributed by atoms with van der Waals surface area (Å²) in [5.74, 6) is -1.64. The van der Waals surface area contributed by atoms with Crippen molar-refractivity contribution < 1.29 is 24.5 Å². The minimum atomic E-state index is -1.18. The van der Waals surface area contributed by atoms with Crippen LogP contribution < -0.4 is 10.1 Å². The van der Waals surface area contributed by atoms with Crippen LogP contribution in [0, 0.1) is 6.92 Å². The van der Waals surface area contributed by atoms with Crippen molar-refractivity contribution in [1.29, 1.82) is 0 Å². The van der Waals surface area contributed by atoms with Gasteiger partial charge >= 0.3 is 5.97 Å². The Bertz CT molecular complexity index is 953. The molecule has 0 atom stereocenters. The fourth-order valence-electron chi connectivity index (χ4n) is 2.34. The Balaban J connectivity index is 1.97. The van der Waals surface area contributed by atoms with Gasteiger partial charge in [-0.2, -0.15) is 0 Å². The Hall–Kier alpha value is -3.13. The molecule has 1 aromatic carbocycles. The number of pyridine rings is 1. The molecular formula is C17H14N2O5S. The molecule has 128 valence electrons. The molecule has 0 saturated carbocycles. The van der Waals surface area contributed by atoms with Crippen LogP contribution in [0.2, 0.25) is 0 Å². The van der Waals surface area contributed by atoms with Crippen LogP contribution in [-0.4, -0.2) is 33.6 Å². The first kappa shape index (κ1) is 16.7. The van der Waals surface area contributed by atoms with Gasteiger partial charge in [-0.3, -0.25) is 9.59 Å². The molecule has 0 aliphatic heterocycles. The number of hydrogen-bond acceptors (Lipinski definition) is 6. The molecule has 3 aromatic rings. The molecular weight excluding hydrogens is 344 g/mol. The number of nitrogens with zero attached hydrogens (tertiary/aromatic N) is 1. The Morgan fingerprint density at radius 3 is 2.76 bits per heavy atom. The lowest BCUT2D eigenvalue weighted by Gasteiger charge is -2.11. The number of nitrogens with one attached hydrogen (secondary N) is 1. The third-order valence-corrected chi connectivity index (χ3v) is 4.21. The van der Waals surface area contributed by atoms with Crippen LogP contribution in [0.15, 0.2) is 35.7 Å². The molecule has 0 aliphatic rings. The fourth-order valence-corrected chi connectivity index (χ4v) is 2.93. The Kier molecular flexibility index (Phi) is 4.53. The first-order valence-electron chi connectivity index (χ1n) is 7.30. The van der Waals surface area contributed by atoms with Gasteiger partial charge in [-0.05, 0) is 42.6 Å². The Morgan fingerprint density at radius 1 is 1.28 bits per heavy atom. The summed E-state index contributed by atoms with van der Waals surface area (Å²) in [6.07, 6.45) is 0. The molecule has 0 saturated heterocycles. The average molecular weight is 358 g/mol. The van der Waals surface area contributed by atoms with Gasteiger partial charge in [0.1, 0.15) is 12.3 Å². The molecule has 0 unspecified atom stereocenters. The molecule has 0 aliphatic carbocycles. The van der Waals surface area contributed by atoms with Gasteiger partial charge in [-0.15, -0.1) is 11.3 Å². The third-order valence-electron chi connectivity index (χ3n) is 3.47. The zero-order valence-electron chi connectivity index (χ0n) is 13.1. The van der Waals surface area contributed by atoms with Gasteiger partial charge in [0.2, 0.25) is 0 Å². The molecule has 0 fully saturated rings. The number of ether oxygens (including phenoxy) is 1. The number of rotatable bonds is 5. The van der Waals surface area contributed by atoms with Gasteiger partial charge in [0.05, 0.1) is 0 Å². The smallest absolute Gasteiger partial charge is 0.322 e. The number of aromatic nitrogens is 1. The highest BCUT2D eigenvalue weighted by atomic mass is 32.1. The molecule has 0 spiro atoms. The van der Waals surface area contributed by atoms with Crippen LogP contribution in [0.4, 0.5) is 0 Å². The van der Waals surface area contributed by atoms with E-state index in [-0.39, 0.29) is 11.4 Å². The average Bonchev–Trinajstić information content (AvgIpc) is 3.09. The third kappa shape index (κ3) is 3.53. The van der Waals surface area contributed by atoms with Crippen molar-refractivity contribution in [1.82, 2.24) is 10.3 Å². The second-order valence-corrected chi connectivity index (χ2v) is 6.12. The predicted molar refractivity (Wildman–Crippen MR) is 92.5 cm³/mol. The molecule has 25 heavy (non-hydrogen) atoms. The van der Waals surface area contributed by atoms with Crippen molar-refractivity contribution in [2.75, 3.05) is 6.54 Å². The van der Waals surface area contributed by atoms with Gasteiger partial charge in [0.15, 0.2) is 16.5 Å². The number of hydrogen-bond donors (Lipinski definition) is 3. The van der Waals surface area contributed by atoms with Gasteiger partial charge < -0.3 is 20.3 Å². The summed E-state index contributed by atoms with van der Waals surface area (Å²) in [6.45, 7) is 1.15. The first-order valence-corrected chi connectivity index (χ1v) is 8.18. The van der Waals surface area contributed by atoms with Crippen LogP contribution in [0.25, 0.3) is 10.8 Å². The van der Waals surface area contributed by atoms with E-state index in [1.807, 2.05) is 17.5 Å². The summed E-state index contributed by atoms with van der Waals surface area (Å²) in [5, 5.41) is 24.9. The largest absolute Gasteiger partial charge is 0.505 e. The molecule has 7 nitrogen and oxygen atoms in total. The molecule has 0 radical (unpaired) electrons. The van der Waals surface area contributed by atoms with Gasteiger partial charge in [-0.25, -0.2) is 4.98 Å². The van der Waals surface area contributed by atoms with E-state index in [4.69, 9.17) is 9.84 Å². The second kappa shape index (κ2) is 6.78. The number of aromatic hydroxyl groups is 1. The van der Waals surface area contributed by atoms with E-state index in [0.29, 0.717) is 22.2 Å². The Morgan fingerprint density at radius 2 is 2.08 bits per heavy atom. The zero-order valence-corrected chi connectivity index (χ0v) is 14.0. The highest BCUT2D eigenvalue weighted by Gasteiger charge is 2.18. The van der Waals surface area contributed by atoms with Crippen molar-refractivity contribution in [3.63, 3.8) is 0 Å². The Labute approximate surface area is 146 Å². The van der Waals surface area contributed by atoms with Gasteiger partial charge in [-0.1, -0.05) is 0 Å². The minimum Gasteiger partial charge on any atom is -0.505 e. The molecule has 3 rings (SSSR count). The summed E-state index contributed by atoms with van der Waals surface area (Å²) in [4.78, 5) is 26.7. The van der Waals surface area contributed by atoms with E-state index in [2.05, 4.69) is 10.3 Å². The maximum Gasteiger partial charge on any atom is 0.322 e. The number of carbonyl (C=O) groups excluding carboxylic acids is 1. The molecule has 2 heterocycles. The number of carboxylic acid groups (broad SMARTS) is 1. The summed E-state index contributed by atoms with van der Waals surface area (Å²) in [5.41, 5.74) is 0.308. The monoisotopic (exact) mass is 358 g/mol. The first-order chi connectivity index (χ1) is 12.0. The lowest BCUT2D eigenvalue weighted by molar-refractivity contribution is -0.135. The number of aliphatic carboxylic acids is 1. The van der Waals surface area contributed by atoms with Crippen LogP contribution >= 0.6 is 11.3 Å². The summed E-state index contributed by atoms with van der Waals surface area (Å²) >= 11 is 1.46. The van der Waals surface area contributed by atoms with Crippen LogP contribution in [-0.2, 0) is 4.79 Å².